The predicted molar refractivity (Wildman–Crippen MR) is 35.3 cm³/mol. The van der Waals surface area contributed by atoms with Gasteiger partial charge in [-0.3, -0.25) is 4.79 Å². The van der Waals surface area contributed by atoms with E-state index in [2.05, 4.69) is 0 Å². The molecule has 0 aromatic carbocycles. The third-order valence-electron chi connectivity index (χ3n) is 1.50. The van der Waals surface area contributed by atoms with Crippen molar-refractivity contribution in [1.82, 2.24) is 5.06 Å². The lowest BCUT2D eigenvalue weighted by Gasteiger charge is -2.17. The molecule has 4 nitrogen and oxygen atoms in total. The Labute approximate surface area is 58.9 Å². The van der Waals surface area contributed by atoms with Crippen LogP contribution in [0.25, 0.3) is 0 Å². The van der Waals surface area contributed by atoms with Crippen molar-refractivity contribution in [3.63, 3.8) is 0 Å². The number of rotatable bonds is 1. The summed E-state index contributed by atoms with van der Waals surface area (Å²) in [5.74, 6) is -0.381. The minimum Gasteiger partial charge on any atom is -0.366 e. The molecule has 0 radical (unpaired) electrons. The summed E-state index contributed by atoms with van der Waals surface area (Å²) in [6, 6.07) is 0. The molecule has 1 rings (SSSR count). The van der Waals surface area contributed by atoms with Crippen molar-refractivity contribution in [3.8, 4) is 0 Å². The van der Waals surface area contributed by atoms with Crippen molar-refractivity contribution in [3.05, 3.63) is 11.6 Å². The lowest BCUT2D eigenvalue weighted by molar-refractivity contribution is -0.116. The van der Waals surface area contributed by atoms with E-state index in [9.17, 15) is 4.79 Å². The number of primary amides is 1. The Morgan fingerprint density at radius 3 is 2.90 bits per heavy atom. The Kier molecular flexibility index (Phi) is 2.03. The normalized spacial score (nSPS) is 20.3. The minimum absolute atomic E-state index is 0.381. The third kappa shape index (κ3) is 1.55. The van der Waals surface area contributed by atoms with Gasteiger partial charge in [-0.05, 0) is 6.42 Å². The van der Waals surface area contributed by atoms with Crippen LogP contribution in [-0.2, 0) is 4.79 Å². The van der Waals surface area contributed by atoms with E-state index in [1.807, 2.05) is 0 Å². The van der Waals surface area contributed by atoms with Gasteiger partial charge in [0.25, 0.3) is 0 Å². The molecule has 1 amide bonds. The first-order valence-corrected chi connectivity index (χ1v) is 3.13. The van der Waals surface area contributed by atoms with Crippen molar-refractivity contribution >= 4 is 5.91 Å². The van der Waals surface area contributed by atoms with Crippen LogP contribution in [0.3, 0.4) is 0 Å². The van der Waals surface area contributed by atoms with E-state index in [-0.39, 0.29) is 5.91 Å². The zero-order valence-corrected chi connectivity index (χ0v) is 5.58. The second-order valence-electron chi connectivity index (χ2n) is 2.26. The number of carbonyl (C=O) groups excluding carboxylic acids is 1. The summed E-state index contributed by atoms with van der Waals surface area (Å²) in [7, 11) is 0. The van der Waals surface area contributed by atoms with Gasteiger partial charge in [0.2, 0.25) is 5.91 Å². The van der Waals surface area contributed by atoms with Gasteiger partial charge >= 0.3 is 0 Å². The molecule has 1 heterocycles. The Balaban J connectivity index is 2.56. The van der Waals surface area contributed by atoms with E-state index < -0.39 is 0 Å². The van der Waals surface area contributed by atoms with Gasteiger partial charge in [-0.25, -0.2) is 0 Å². The summed E-state index contributed by atoms with van der Waals surface area (Å²) in [5, 5.41) is 9.99. The second-order valence-corrected chi connectivity index (χ2v) is 2.26. The molecule has 1 aliphatic heterocycles. The molecule has 0 fully saturated rings. The third-order valence-corrected chi connectivity index (χ3v) is 1.50. The van der Waals surface area contributed by atoms with Crippen molar-refractivity contribution < 1.29 is 10.0 Å². The molecule has 1 aliphatic rings. The highest BCUT2D eigenvalue weighted by molar-refractivity contribution is 5.92. The number of nitrogens with two attached hydrogens (primary N) is 1. The van der Waals surface area contributed by atoms with Crippen molar-refractivity contribution in [2.45, 2.75) is 6.42 Å². The van der Waals surface area contributed by atoms with Crippen LogP contribution >= 0.6 is 0 Å². The highest BCUT2D eigenvalue weighted by atomic mass is 16.5. The Hall–Kier alpha value is -0.870. The maximum atomic E-state index is 10.5. The highest BCUT2D eigenvalue weighted by Gasteiger charge is 2.11. The van der Waals surface area contributed by atoms with Crippen LogP contribution in [-0.4, -0.2) is 29.3 Å². The minimum atomic E-state index is -0.381. The molecule has 3 N–H and O–H groups in total. The molecule has 0 atom stereocenters. The molecular formula is C6H10N2O2. The molecule has 4 heteroatoms. The summed E-state index contributed by atoms with van der Waals surface area (Å²) in [6.45, 7) is 0.896. The number of hydrogen-bond acceptors (Lipinski definition) is 3. The van der Waals surface area contributed by atoms with Gasteiger partial charge in [-0.1, -0.05) is 6.08 Å². The van der Waals surface area contributed by atoms with E-state index in [0.717, 1.165) is 5.06 Å². The predicted octanol–water partition coefficient (Wildman–Crippen LogP) is -0.507. The molecular weight excluding hydrogens is 132 g/mol. The first kappa shape index (κ1) is 7.24. The molecule has 0 aliphatic carbocycles. The molecule has 0 bridgehead atoms. The van der Waals surface area contributed by atoms with Gasteiger partial charge < -0.3 is 10.9 Å². The van der Waals surface area contributed by atoms with E-state index in [1.165, 1.54) is 0 Å². The van der Waals surface area contributed by atoms with E-state index >= 15 is 0 Å². The maximum absolute atomic E-state index is 10.5. The monoisotopic (exact) mass is 142 g/mol. The zero-order chi connectivity index (χ0) is 7.56. The molecule has 0 spiro atoms. The van der Waals surface area contributed by atoms with E-state index in [0.29, 0.717) is 25.1 Å². The van der Waals surface area contributed by atoms with E-state index in [1.54, 1.807) is 6.08 Å². The smallest absolute Gasteiger partial charge is 0.244 e. The Morgan fingerprint density at radius 2 is 2.50 bits per heavy atom. The molecule has 56 valence electrons. The number of hydrogen-bond donors (Lipinski definition) is 2. The molecule has 0 saturated carbocycles. The van der Waals surface area contributed by atoms with Crippen LogP contribution < -0.4 is 5.73 Å². The largest absolute Gasteiger partial charge is 0.366 e. The lowest BCUT2D eigenvalue weighted by atomic mass is 10.1. The number of hydroxylamine groups is 2. The Bertz CT molecular complexity index is 177. The molecule has 10 heavy (non-hydrogen) atoms. The summed E-state index contributed by atoms with van der Waals surface area (Å²) < 4.78 is 0. The van der Waals surface area contributed by atoms with Crippen LogP contribution in [0.4, 0.5) is 0 Å². The van der Waals surface area contributed by atoms with Gasteiger partial charge in [0.05, 0.1) is 0 Å². The second kappa shape index (κ2) is 2.81. The number of nitrogens with zero attached hydrogens (tertiary/aromatic N) is 1. The molecule has 0 unspecified atom stereocenters. The van der Waals surface area contributed by atoms with Gasteiger partial charge in [-0.2, -0.15) is 5.06 Å². The fraction of sp³-hybridized carbons (Fsp3) is 0.500. The van der Waals surface area contributed by atoms with Crippen LogP contribution in [0.15, 0.2) is 11.6 Å². The molecule has 0 aromatic rings. The first-order chi connectivity index (χ1) is 4.70. The van der Waals surface area contributed by atoms with E-state index in [4.69, 9.17) is 10.9 Å². The first-order valence-electron chi connectivity index (χ1n) is 3.13. The molecule has 0 aromatic heterocycles. The highest BCUT2D eigenvalue weighted by Crippen LogP contribution is 2.07. The summed E-state index contributed by atoms with van der Waals surface area (Å²) in [6.07, 6.45) is 2.19. The maximum Gasteiger partial charge on any atom is 0.244 e. The van der Waals surface area contributed by atoms with Gasteiger partial charge in [-0.15, -0.1) is 0 Å². The van der Waals surface area contributed by atoms with Crippen LogP contribution in [0, 0.1) is 0 Å². The summed E-state index contributed by atoms with van der Waals surface area (Å²) in [4.78, 5) is 10.5. The fourth-order valence-electron chi connectivity index (χ4n) is 0.882. The van der Waals surface area contributed by atoms with Crippen LogP contribution in [0.5, 0.6) is 0 Å². The van der Waals surface area contributed by atoms with Crippen LogP contribution in [0.1, 0.15) is 6.42 Å². The van der Waals surface area contributed by atoms with Gasteiger partial charge in [0.15, 0.2) is 0 Å². The zero-order valence-electron chi connectivity index (χ0n) is 5.58. The SMILES string of the molecule is NC(=O)C1=CCN(O)CC1. The summed E-state index contributed by atoms with van der Waals surface area (Å²) >= 11 is 0. The van der Waals surface area contributed by atoms with Crippen molar-refractivity contribution in [2.24, 2.45) is 5.73 Å². The fourth-order valence-corrected chi connectivity index (χ4v) is 0.882. The summed E-state index contributed by atoms with van der Waals surface area (Å²) in [5.41, 5.74) is 5.62. The lowest BCUT2D eigenvalue weighted by Crippen LogP contribution is -2.28. The Morgan fingerprint density at radius 1 is 1.80 bits per heavy atom. The number of amides is 1. The topological polar surface area (TPSA) is 66.6 Å². The average molecular weight is 142 g/mol. The van der Waals surface area contributed by atoms with Crippen LogP contribution in [0.2, 0.25) is 0 Å². The van der Waals surface area contributed by atoms with Gasteiger partial charge in [0.1, 0.15) is 0 Å². The van der Waals surface area contributed by atoms with Gasteiger partial charge in [0, 0.05) is 18.7 Å². The average Bonchev–Trinajstić information content (AvgIpc) is 1.88. The van der Waals surface area contributed by atoms with Crippen molar-refractivity contribution in [2.75, 3.05) is 13.1 Å². The molecule has 0 saturated heterocycles. The standard InChI is InChI=1S/C6H10N2O2/c7-6(9)5-1-3-8(10)4-2-5/h1,10H,2-4H2,(H2,7,9). The quantitative estimate of drug-likeness (QED) is 0.518. The number of carbonyl (C=O) groups is 1. The van der Waals surface area contributed by atoms with Crippen molar-refractivity contribution in [1.29, 1.82) is 0 Å².